The summed E-state index contributed by atoms with van der Waals surface area (Å²) in [6.45, 7) is 13.2. The third-order valence-corrected chi connectivity index (χ3v) is 7.51. The van der Waals surface area contributed by atoms with Crippen LogP contribution in [0.5, 0.6) is 11.5 Å². The predicted octanol–water partition coefficient (Wildman–Crippen LogP) is 4.74. The van der Waals surface area contributed by atoms with Crippen molar-refractivity contribution >= 4 is 17.9 Å². The SMILES string of the molecule is CCOC1c2cc(C(C)C)c(OC(C)=O)c(OC(C)=O)c2C23CCCC(C)(C)C2C1OC3=O. The molecule has 3 aliphatic rings. The Bertz CT molecular complexity index is 1010. The van der Waals surface area contributed by atoms with Crippen molar-refractivity contribution in [2.75, 3.05) is 6.61 Å². The van der Waals surface area contributed by atoms with Gasteiger partial charge in [-0.15, -0.1) is 0 Å². The molecule has 2 bridgehead atoms. The van der Waals surface area contributed by atoms with Gasteiger partial charge in [0.15, 0.2) is 11.5 Å². The van der Waals surface area contributed by atoms with Crippen molar-refractivity contribution in [2.45, 2.75) is 91.3 Å². The molecule has 7 heteroatoms. The Labute approximate surface area is 195 Å². The summed E-state index contributed by atoms with van der Waals surface area (Å²) >= 11 is 0. The van der Waals surface area contributed by atoms with E-state index < -0.39 is 29.6 Å². The van der Waals surface area contributed by atoms with Gasteiger partial charge in [0.2, 0.25) is 0 Å². The highest BCUT2D eigenvalue weighted by Crippen LogP contribution is 2.67. The fourth-order valence-electron chi connectivity index (χ4n) is 6.50. The quantitative estimate of drug-likeness (QED) is 0.465. The number of carbonyl (C=O) groups is 3. The van der Waals surface area contributed by atoms with E-state index in [-0.39, 0.29) is 34.7 Å². The number of carbonyl (C=O) groups excluding carboxylic acids is 3. The first kappa shape index (κ1) is 23.7. The summed E-state index contributed by atoms with van der Waals surface area (Å²) in [5, 5.41) is 0. The lowest BCUT2D eigenvalue weighted by Crippen LogP contribution is -2.54. The van der Waals surface area contributed by atoms with Crippen LogP contribution in [0.3, 0.4) is 0 Å². The largest absolute Gasteiger partial charge is 0.458 e. The highest BCUT2D eigenvalue weighted by Gasteiger charge is 2.70. The highest BCUT2D eigenvalue weighted by molar-refractivity contribution is 5.91. The third kappa shape index (κ3) is 3.47. The average Bonchev–Trinajstić information content (AvgIpc) is 2.95. The summed E-state index contributed by atoms with van der Waals surface area (Å²) in [4.78, 5) is 38.1. The maximum Gasteiger partial charge on any atom is 0.317 e. The molecule has 7 nitrogen and oxygen atoms in total. The highest BCUT2D eigenvalue weighted by atomic mass is 16.6. The number of hydrogen-bond acceptors (Lipinski definition) is 7. The van der Waals surface area contributed by atoms with Crippen molar-refractivity contribution in [3.8, 4) is 11.5 Å². The van der Waals surface area contributed by atoms with Crippen molar-refractivity contribution in [1.82, 2.24) is 0 Å². The minimum atomic E-state index is -0.982. The molecule has 33 heavy (non-hydrogen) atoms. The number of hydrogen-bond donors (Lipinski definition) is 0. The van der Waals surface area contributed by atoms with Gasteiger partial charge in [-0.05, 0) is 42.7 Å². The maximum absolute atomic E-state index is 13.7. The van der Waals surface area contributed by atoms with Crippen molar-refractivity contribution in [1.29, 1.82) is 0 Å². The number of fused-ring (bicyclic) bond motifs is 1. The van der Waals surface area contributed by atoms with Crippen LogP contribution in [0.2, 0.25) is 0 Å². The molecule has 1 aliphatic heterocycles. The van der Waals surface area contributed by atoms with Crippen LogP contribution in [-0.4, -0.2) is 30.6 Å². The molecule has 0 aromatic heterocycles. The van der Waals surface area contributed by atoms with Gasteiger partial charge in [0.1, 0.15) is 17.6 Å². The van der Waals surface area contributed by atoms with E-state index >= 15 is 0 Å². The van der Waals surface area contributed by atoms with E-state index in [9.17, 15) is 14.4 Å². The smallest absolute Gasteiger partial charge is 0.317 e. The van der Waals surface area contributed by atoms with Gasteiger partial charge in [0.05, 0.1) is 0 Å². The molecule has 0 amide bonds. The lowest BCUT2D eigenvalue weighted by Gasteiger charge is -2.52. The monoisotopic (exact) mass is 458 g/mol. The normalized spacial score (nSPS) is 29.2. The number of esters is 3. The first-order valence-corrected chi connectivity index (χ1v) is 11.9. The van der Waals surface area contributed by atoms with Crippen LogP contribution in [0.1, 0.15) is 96.4 Å². The van der Waals surface area contributed by atoms with Gasteiger partial charge in [0, 0.05) is 37.5 Å². The van der Waals surface area contributed by atoms with Gasteiger partial charge in [0.25, 0.3) is 0 Å². The zero-order chi connectivity index (χ0) is 24.3. The van der Waals surface area contributed by atoms with Crippen LogP contribution in [0.25, 0.3) is 0 Å². The Hall–Kier alpha value is -2.41. The van der Waals surface area contributed by atoms with E-state index in [4.69, 9.17) is 18.9 Å². The van der Waals surface area contributed by atoms with Gasteiger partial charge in [-0.2, -0.15) is 0 Å². The molecule has 1 saturated carbocycles. The van der Waals surface area contributed by atoms with Gasteiger partial charge in [-0.25, -0.2) is 0 Å². The molecule has 180 valence electrons. The Kier molecular flexibility index (Phi) is 5.84. The minimum absolute atomic E-state index is 0.0338. The molecular weight excluding hydrogens is 424 g/mol. The van der Waals surface area contributed by atoms with Gasteiger partial charge in [-0.1, -0.05) is 34.1 Å². The van der Waals surface area contributed by atoms with Crippen LogP contribution in [0, 0.1) is 11.3 Å². The lowest BCUT2D eigenvalue weighted by atomic mass is 9.49. The molecule has 1 aromatic carbocycles. The Morgan fingerprint density at radius 3 is 2.33 bits per heavy atom. The summed E-state index contributed by atoms with van der Waals surface area (Å²) in [6, 6.07) is 1.96. The third-order valence-electron chi connectivity index (χ3n) is 7.51. The van der Waals surface area contributed by atoms with E-state index in [1.807, 2.05) is 26.8 Å². The van der Waals surface area contributed by atoms with Gasteiger partial charge in [-0.3, -0.25) is 14.4 Å². The number of ether oxygens (including phenoxy) is 4. The Morgan fingerprint density at radius 2 is 1.76 bits per heavy atom. The first-order chi connectivity index (χ1) is 15.5. The standard InChI is InChI=1S/C26H34O7/c1-8-30-19-17-12-16(13(2)3)20(31-14(4)27)21(32-15(5)28)18(17)26-11-9-10-25(6,7)23(26)22(19)33-24(26)29/h12-13,19,22-23H,8-11H2,1-7H3. The van der Waals surface area contributed by atoms with E-state index in [2.05, 4.69) is 13.8 Å². The zero-order valence-electron chi connectivity index (χ0n) is 20.6. The fraction of sp³-hybridized carbons (Fsp3) is 0.654. The lowest BCUT2D eigenvalue weighted by molar-refractivity contribution is -0.150. The van der Waals surface area contributed by atoms with Crippen molar-refractivity contribution in [2.24, 2.45) is 11.3 Å². The van der Waals surface area contributed by atoms with Crippen molar-refractivity contribution < 1.29 is 33.3 Å². The molecule has 1 saturated heterocycles. The zero-order valence-corrected chi connectivity index (χ0v) is 20.6. The molecule has 1 aromatic rings. The first-order valence-electron chi connectivity index (χ1n) is 11.9. The molecule has 4 atom stereocenters. The second-order valence-electron chi connectivity index (χ2n) is 10.5. The van der Waals surface area contributed by atoms with Crippen LogP contribution in [0.15, 0.2) is 6.07 Å². The van der Waals surface area contributed by atoms with Crippen molar-refractivity contribution in [3.63, 3.8) is 0 Å². The van der Waals surface area contributed by atoms with Crippen LogP contribution in [-0.2, 0) is 29.3 Å². The average molecular weight is 459 g/mol. The molecule has 4 rings (SSSR count). The second kappa shape index (κ2) is 8.12. The Balaban J connectivity index is 2.14. The fourth-order valence-corrected chi connectivity index (χ4v) is 6.50. The summed E-state index contributed by atoms with van der Waals surface area (Å²) in [7, 11) is 0. The van der Waals surface area contributed by atoms with Crippen LogP contribution in [0.4, 0.5) is 0 Å². The molecule has 0 spiro atoms. The Morgan fingerprint density at radius 1 is 1.12 bits per heavy atom. The molecule has 0 N–H and O–H groups in total. The van der Waals surface area contributed by atoms with E-state index in [1.54, 1.807) is 0 Å². The molecule has 0 radical (unpaired) electrons. The van der Waals surface area contributed by atoms with Gasteiger partial charge >= 0.3 is 17.9 Å². The van der Waals surface area contributed by atoms with Crippen LogP contribution < -0.4 is 9.47 Å². The summed E-state index contributed by atoms with van der Waals surface area (Å²) in [6.07, 6.45) is 1.44. The van der Waals surface area contributed by atoms with E-state index in [0.717, 1.165) is 24.0 Å². The predicted molar refractivity (Wildman–Crippen MR) is 120 cm³/mol. The number of benzene rings is 1. The molecule has 4 unspecified atom stereocenters. The van der Waals surface area contributed by atoms with E-state index in [1.165, 1.54) is 13.8 Å². The van der Waals surface area contributed by atoms with Gasteiger partial charge < -0.3 is 18.9 Å². The van der Waals surface area contributed by atoms with E-state index in [0.29, 0.717) is 18.6 Å². The maximum atomic E-state index is 13.7. The molecular formula is C26H34O7. The minimum Gasteiger partial charge on any atom is -0.458 e. The molecule has 2 fully saturated rings. The van der Waals surface area contributed by atoms with Crippen molar-refractivity contribution in [3.05, 3.63) is 22.8 Å². The summed E-state index contributed by atoms with van der Waals surface area (Å²) in [5.41, 5.74) is 0.922. The second-order valence-corrected chi connectivity index (χ2v) is 10.5. The summed E-state index contributed by atoms with van der Waals surface area (Å²) < 4.78 is 23.7. The summed E-state index contributed by atoms with van der Waals surface area (Å²) in [5.74, 6) is -1.20. The topological polar surface area (TPSA) is 88.1 Å². The number of rotatable bonds is 5. The van der Waals surface area contributed by atoms with Crippen LogP contribution >= 0.6 is 0 Å². The molecule has 1 heterocycles. The molecule has 2 aliphatic carbocycles.